The Kier molecular flexibility index (Phi) is 3.51. The second-order valence-electron chi connectivity index (χ2n) is 4.54. The minimum absolute atomic E-state index is 0.326. The third-order valence-electron chi connectivity index (χ3n) is 3.32. The molecule has 0 fully saturated rings. The number of halogens is 2. The quantitative estimate of drug-likeness (QED) is 0.765. The van der Waals surface area contributed by atoms with E-state index in [1.165, 1.54) is 0 Å². The van der Waals surface area contributed by atoms with Gasteiger partial charge >= 0.3 is 0 Å². The lowest BCUT2D eigenvalue weighted by molar-refractivity contribution is 0.594. The highest BCUT2D eigenvalue weighted by molar-refractivity contribution is 9.10. The molecule has 1 atom stereocenters. The molecule has 0 amide bonds. The number of rotatable bonds is 2. The van der Waals surface area contributed by atoms with Crippen LogP contribution in [-0.2, 0) is 0 Å². The van der Waals surface area contributed by atoms with E-state index in [0.29, 0.717) is 10.0 Å². The van der Waals surface area contributed by atoms with Gasteiger partial charge in [0.25, 0.3) is 0 Å². The molecule has 1 aromatic heterocycles. The summed E-state index contributed by atoms with van der Waals surface area (Å²) in [4.78, 5) is 4.37. The van der Waals surface area contributed by atoms with E-state index in [2.05, 4.69) is 20.9 Å². The minimum atomic E-state index is -0.550. The predicted molar refractivity (Wildman–Crippen MR) is 81.9 cm³/mol. The largest absolute Gasteiger partial charge is 0.320 e. The monoisotopic (exact) mass is 330 g/mol. The third kappa shape index (κ3) is 2.21. The maximum absolute atomic E-state index is 14.2. The first-order valence-electron chi connectivity index (χ1n) is 6.21. The number of hydrogen-bond donors (Lipinski definition) is 1. The fourth-order valence-corrected chi connectivity index (χ4v) is 2.69. The number of aromatic nitrogens is 1. The van der Waals surface area contributed by atoms with Gasteiger partial charge in [-0.2, -0.15) is 0 Å². The van der Waals surface area contributed by atoms with Crippen molar-refractivity contribution >= 4 is 26.8 Å². The molecule has 0 radical (unpaired) electrons. The number of nitrogens with two attached hydrogens (primary N) is 1. The lowest BCUT2D eigenvalue weighted by atomic mass is 9.97. The van der Waals surface area contributed by atoms with Gasteiger partial charge in [-0.15, -0.1) is 0 Å². The summed E-state index contributed by atoms with van der Waals surface area (Å²) in [6, 6.07) is 14.2. The molecule has 3 aromatic rings. The van der Waals surface area contributed by atoms with Crippen molar-refractivity contribution in [3.8, 4) is 0 Å². The summed E-state index contributed by atoms with van der Waals surface area (Å²) in [6.07, 6.45) is 1.72. The van der Waals surface area contributed by atoms with E-state index in [9.17, 15) is 4.39 Å². The Morgan fingerprint density at radius 2 is 1.70 bits per heavy atom. The smallest absolute Gasteiger partial charge is 0.142 e. The van der Waals surface area contributed by atoms with Crippen LogP contribution in [0.15, 0.2) is 59.2 Å². The second-order valence-corrected chi connectivity index (χ2v) is 5.40. The summed E-state index contributed by atoms with van der Waals surface area (Å²) in [5, 5.41) is 0.996. The molecule has 0 aliphatic rings. The zero-order chi connectivity index (χ0) is 14.1. The van der Waals surface area contributed by atoms with E-state index in [4.69, 9.17) is 5.73 Å². The zero-order valence-corrected chi connectivity index (χ0v) is 12.1. The lowest BCUT2D eigenvalue weighted by Crippen LogP contribution is -2.14. The van der Waals surface area contributed by atoms with Crippen molar-refractivity contribution in [1.82, 2.24) is 4.98 Å². The summed E-state index contributed by atoms with van der Waals surface area (Å²) in [7, 11) is 0. The molecular formula is C16H12BrFN2. The molecule has 20 heavy (non-hydrogen) atoms. The van der Waals surface area contributed by atoms with E-state index in [1.807, 2.05) is 30.3 Å². The zero-order valence-electron chi connectivity index (χ0n) is 10.6. The van der Waals surface area contributed by atoms with Gasteiger partial charge in [-0.25, -0.2) is 4.39 Å². The van der Waals surface area contributed by atoms with Gasteiger partial charge in [-0.3, -0.25) is 4.98 Å². The summed E-state index contributed by atoms with van der Waals surface area (Å²) in [5.41, 5.74) is 8.33. The Morgan fingerprint density at radius 3 is 2.55 bits per heavy atom. The van der Waals surface area contributed by atoms with Crippen LogP contribution in [-0.4, -0.2) is 4.98 Å². The molecule has 1 unspecified atom stereocenters. The minimum Gasteiger partial charge on any atom is -0.320 e. The number of para-hydroxylation sites is 1. The van der Waals surface area contributed by atoms with Crippen molar-refractivity contribution in [2.45, 2.75) is 6.04 Å². The lowest BCUT2D eigenvalue weighted by Gasteiger charge is -2.15. The molecule has 2 N–H and O–H groups in total. The highest BCUT2D eigenvalue weighted by Gasteiger charge is 2.17. The van der Waals surface area contributed by atoms with Crippen LogP contribution < -0.4 is 5.73 Å². The van der Waals surface area contributed by atoms with Crippen LogP contribution >= 0.6 is 15.9 Å². The van der Waals surface area contributed by atoms with E-state index < -0.39 is 6.04 Å². The van der Waals surface area contributed by atoms with Gasteiger partial charge in [0.15, 0.2) is 0 Å². The Balaban J connectivity index is 2.18. The van der Waals surface area contributed by atoms with Gasteiger partial charge in [0, 0.05) is 17.1 Å². The van der Waals surface area contributed by atoms with Gasteiger partial charge < -0.3 is 5.73 Å². The molecule has 1 heterocycles. The van der Waals surface area contributed by atoms with Crippen molar-refractivity contribution in [3.63, 3.8) is 0 Å². The molecule has 3 rings (SSSR count). The first-order chi connectivity index (χ1) is 9.68. The number of benzene rings is 2. The van der Waals surface area contributed by atoms with E-state index in [-0.39, 0.29) is 5.82 Å². The SMILES string of the molecule is NC(c1cccc(Br)c1F)c1cccc2cccnc12. The van der Waals surface area contributed by atoms with Crippen LogP contribution in [0.5, 0.6) is 0 Å². The molecule has 100 valence electrons. The van der Waals surface area contributed by atoms with Gasteiger partial charge in [0.1, 0.15) is 5.82 Å². The first-order valence-corrected chi connectivity index (χ1v) is 7.01. The van der Waals surface area contributed by atoms with Gasteiger partial charge in [0.2, 0.25) is 0 Å². The van der Waals surface area contributed by atoms with E-state index in [0.717, 1.165) is 16.5 Å². The molecule has 0 aliphatic carbocycles. The van der Waals surface area contributed by atoms with Crippen LogP contribution in [0.2, 0.25) is 0 Å². The van der Waals surface area contributed by atoms with Crippen molar-refractivity contribution in [2.24, 2.45) is 5.73 Å². The fraction of sp³-hybridized carbons (Fsp3) is 0.0625. The first kappa shape index (κ1) is 13.2. The topological polar surface area (TPSA) is 38.9 Å². The van der Waals surface area contributed by atoms with Gasteiger partial charge in [-0.1, -0.05) is 36.4 Å². The third-order valence-corrected chi connectivity index (χ3v) is 3.93. The molecule has 0 aliphatic heterocycles. The summed E-state index contributed by atoms with van der Waals surface area (Å²) in [5.74, 6) is -0.326. The average Bonchev–Trinajstić information content (AvgIpc) is 2.49. The highest BCUT2D eigenvalue weighted by Crippen LogP contribution is 2.29. The Labute approximate surface area is 124 Å². The van der Waals surface area contributed by atoms with Gasteiger partial charge in [0.05, 0.1) is 16.0 Å². The predicted octanol–water partition coefficient (Wildman–Crippen LogP) is 4.18. The Morgan fingerprint density at radius 1 is 1.00 bits per heavy atom. The molecule has 2 aromatic carbocycles. The van der Waals surface area contributed by atoms with Crippen molar-refractivity contribution in [1.29, 1.82) is 0 Å². The summed E-state index contributed by atoms with van der Waals surface area (Å²) in [6.45, 7) is 0. The van der Waals surface area contributed by atoms with Crippen LogP contribution in [0.25, 0.3) is 10.9 Å². The molecule has 0 saturated heterocycles. The average molecular weight is 331 g/mol. The number of fused-ring (bicyclic) bond motifs is 1. The maximum Gasteiger partial charge on any atom is 0.142 e. The molecule has 0 spiro atoms. The number of pyridine rings is 1. The molecular weight excluding hydrogens is 319 g/mol. The highest BCUT2D eigenvalue weighted by atomic mass is 79.9. The fourth-order valence-electron chi connectivity index (χ4n) is 2.31. The maximum atomic E-state index is 14.2. The van der Waals surface area contributed by atoms with Crippen LogP contribution in [0.4, 0.5) is 4.39 Å². The van der Waals surface area contributed by atoms with Gasteiger partial charge in [-0.05, 0) is 33.6 Å². The number of hydrogen-bond acceptors (Lipinski definition) is 2. The molecule has 2 nitrogen and oxygen atoms in total. The number of nitrogens with zero attached hydrogens (tertiary/aromatic N) is 1. The van der Waals surface area contributed by atoms with Crippen molar-refractivity contribution in [3.05, 3.63) is 76.1 Å². The molecule has 0 saturated carbocycles. The van der Waals surface area contributed by atoms with Crippen LogP contribution in [0, 0.1) is 5.82 Å². The second kappa shape index (κ2) is 5.31. The van der Waals surface area contributed by atoms with Crippen molar-refractivity contribution in [2.75, 3.05) is 0 Å². The normalized spacial score (nSPS) is 12.6. The molecule has 0 bridgehead atoms. The summed E-state index contributed by atoms with van der Waals surface area (Å²) < 4.78 is 14.6. The van der Waals surface area contributed by atoms with Crippen LogP contribution in [0.3, 0.4) is 0 Å². The molecule has 4 heteroatoms. The van der Waals surface area contributed by atoms with E-state index in [1.54, 1.807) is 24.4 Å². The standard InChI is InChI=1S/C16H12BrFN2/c17-13-8-2-6-11(14(13)18)15(19)12-7-1-4-10-5-3-9-20-16(10)12/h1-9,15H,19H2. The summed E-state index contributed by atoms with van der Waals surface area (Å²) >= 11 is 3.19. The Bertz CT molecular complexity index is 768. The van der Waals surface area contributed by atoms with E-state index >= 15 is 0 Å². The van der Waals surface area contributed by atoms with Crippen LogP contribution in [0.1, 0.15) is 17.2 Å². The van der Waals surface area contributed by atoms with Crippen molar-refractivity contribution < 1.29 is 4.39 Å². The Hall–Kier alpha value is -1.78.